The maximum absolute atomic E-state index is 12.2. The molecule has 1 aliphatic heterocycles. The Balaban J connectivity index is 1.89. The van der Waals surface area contributed by atoms with Crippen molar-refractivity contribution in [3.8, 4) is 12.3 Å². The van der Waals surface area contributed by atoms with Crippen molar-refractivity contribution >= 4 is 17.6 Å². The van der Waals surface area contributed by atoms with Crippen LogP contribution in [0.5, 0.6) is 0 Å². The van der Waals surface area contributed by atoms with Gasteiger partial charge in [0.2, 0.25) is 5.91 Å². The number of rotatable bonds is 7. The van der Waals surface area contributed by atoms with Crippen LogP contribution < -0.4 is 16.0 Å². The number of nitrogens with zero attached hydrogens (tertiary/aromatic N) is 2. The van der Waals surface area contributed by atoms with E-state index in [9.17, 15) is 4.79 Å². The maximum Gasteiger partial charge on any atom is 0.246 e. The number of anilines is 1. The third kappa shape index (κ3) is 6.87. The molecule has 1 saturated heterocycles. The number of amides is 1. The third-order valence-electron chi connectivity index (χ3n) is 4.59. The van der Waals surface area contributed by atoms with Crippen molar-refractivity contribution in [1.82, 2.24) is 15.5 Å². The fourth-order valence-corrected chi connectivity index (χ4v) is 2.96. The van der Waals surface area contributed by atoms with Crippen molar-refractivity contribution in [2.24, 2.45) is 4.99 Å². The molecule has 0 saturated carbocycles. The molecule has 1 heterocycles. The normalized spacial score (nSPS) is 15.6. The van der Waals surface area contributed by atoms with Gasteiger partial charge in [-0.3, -0.25) is 9.69 Å². The lowest BCUT2D eigenvalue weighted by molar-refractivity contribution is -0.114. The number of nitrogens with one attached hydrogen (secondary N) is 3. The van der Waals surface area contributed by atoms with E-state index < -0.39 is 0 Å². The summed E-state index contributed by atoms with van der Waals surface area (Å²) in [6.45, 7) is 11.2. The van der Waals surface area contributed by atoms with Gasteiger partial charge in [0, 0.05) is 43.0 Å². The van der Waals surface area contributed by atoms with E-state index in [1.54, 1.807) is 12.1 Å². The summed E-state index contributed by atoms with van der Waals surface area (Å²) in [5.74, 6) is 2.98. The van der Waals surface area contributed by atoms with Gasteiger partial charge in [0.25, 0.3) is 0 Å². The molecule has 0 spiro atoms. The number of ether oxygens (including phenoxy) is 1. The quantitative estimate of drug-likeness (QED) is 0.374. The predicted octanol–water partition coefficient (Wildman–Crippen LogP) is 1.27. The summed E-state index contributed by atoms with van der Waals surface area (Å²) in [6.07, 6.45) is 5.39. The van der Waals surface area contributed by atoms with Crippen LogP contribution in [0.2, 0.25) is 0 Å². The number of guanidine groups is 1. The minimum absolute atomic E-state index is 0.0214. The van der Waals surface area contributed by atoms with Gasteiger partial charge >= 0.3 is 0 Å². The van der Waals surface area contributed by atoms with Crippen molar-refractivity contribution in [3.05, 3.63) is 29.8 Å². The van der Waals surface area contributed by atoms with Crippen molar-refractivity contribution in [2.45, 2.75) is 26.3 Å². The van der Waals surface area contributed by atoms with Crippen molar-refractivity contribution in [3.63, 3.8) is 0 Å². The van der Waals surface area contributed by atoms with E-state index in [0.29, 0.717) is 18.2 Å². The van der Waals surface area contributed by atoms with Gasteiger partial charge in [-0.15, -0.1) is 6.42 Å². The Hall–Kier alpha value is -2.56. The van der Waals surface area contributed by atoms with Crippen molar-refractivity contribution in [1.29, 1.82) is 0 Å². The first-order chi connectivity index (χ1) is 13.4. The molecule has 152 valence electrons. The molecule has 0 bridgehead atoms. The fourth-order valence-electron chi connectivity index (χ4n) is 2.96. The van der Waals surface area contributed by atoms with Crippen LogP contribution in [0.1, 0.15) is 26.3 Å². The fraction of sp³-hybridized carbons (Fsp3) is 0.524. The smallest absolute Gasteiger partial charge is 0.246 e. The molecule has 1 aromatic rings. The summed E-state index contributed by atoms with van der Waals surface area (Å²) in [5.41, 5.74) is 1.35. The van der Waals surface area contributed by atoms with Crippen molar-refractivity contribution < 1.29 is 9.53 Å². The Bertz CT molecular complexity index is 718. The zero-order chi connectivity index (χ0) is 20.4. The largest absolute Gasteiger partial charge is 0.379 e. The van der Waals surface area contributed by atoms with Gasteiger partial charge in [-0.1, -0.05) is 12.0 Å². The first kappa shape index (κ1) is 21.7. The second kappa shape index (κ2) is 10.7. The van der Waals surface area contributed by atoms with E-state index in [4.69, 9.17) is 11.2 Å². The highest BCUT2D eigenvalue weighted by atomic mass is 16.5. The van der Waals surface area contributed by atoms with Gasteiger partial charge in [-0.2, -0.15) is 0 Å². The van der Waals surface area contributed by atoms with Crippen LogP contribution >= 0.6 is 0 Å². The molecule has 3 N–H and O–H groups in total. The van der Waals surface area contributed by atoms with Crippen LogP contribution in [-0.4, -0.2) is 68.2 Å². The Morgan fingerprint density at radius 2 is 2.07 bits per heavy atom. The highest BCUT2D eigenvalue weighted by Crippen LogP contribution is 2.15. The van der Waals surface area contributed by atoms with E-state index in [-0.39, 0.29) is 18.0 Å². The molecule has 2 rings (SSSR count). The topological polar surface area (TPSA) is 78.0 Å². The zero-order valence-corrected chi connectivity index (χ0v) is 17.0. The molecule has 0 aliphatic carbocycles. The summed E-state index contributed by atoms with van der Waals surface area (Å²) in [4.78, 5) is 19.0. The number of terminal acetylenes is 1. The molecule has 28 heavy (non-hydrogen) atoms. The molecule has 1 amide bonds. The average molecular weight is 386 g/mol. The third-order valence-corrected chi connectivity index (χ3v) is 4.59. The molecule has 1 fully saturated rings. The monoisotopic (exact) mass is 385 g/mol. The van der Waals surface area contributed by atoms with E-state index in [0.717, 1.165) is 38.4 Å². The lowest BCUT2D eigenvalue weighted by Gasteiger charge is -2.41. The Morgan fingerprint density at radius 1 is 1.32 bits per heavy atom. The lowest BCUT2D eigenvalue weighted by Crippen LogP contribution is -2.56. The van der Waals surface area contributed by atoms with Crippen molar-refractivity contribution in [2.75, 3.05) is 51.3 Å². The summed E-state index contributed by atoms with van der Waals surface area (Å²) < 4.78 is 5.43. The minimum Gasteiger partial charge on any atom is -0.379 e. The van der Waals surface area contributed by atoms with Gasteiger partial charge in [0.05, 0.1) is 13.2 Å². The number of aliphatic imine (C=N–C) groups is 1. The lowest BCUT2D eigenvalue weighted by atomic mass is 10.0. The number of morpholine rings is 1. The molecule has 0 unspecified atom stereocenters. The molecule has 1 aliphatic rings. The van der Waals surface area contributed by atoms with Crippen LogP contribution in [0.4, 0.5) is 5.69 Å². The molecular weight excluding hydrogens is 354 g/mol. The number of benzene rings is 1. The molecule has 0 aromatic heterocycles. The molecule has 7 nitrogen and oxygen atoms in total. The minimum atomic E-state index is -0.196. The summed E-state index contributed by atoms with van der Waals surface area (Å²) in [6, 6.07) is 7.19. The summed E-state index contributed by atoms with van der Waals surface area (Å²) in [7, 11) is 0. The molecule has 0 radical (unpaired) electrons. The van der Waals surface area contributed by atoms with Gasteiger partial charge in [0.15, 0.2) is 5.96 Å². The Kier molecular flexibility index (Phi) is 8.30. The van der Waals surface area contributed by atoms with Crippen LogP contribution in [0.15, 0.2) is 29.3 Å². The molecule has 1 aromatic carbocycles. The first-order valence-corrected chi connectivity index (χ1v) is 9.66. The second-order valence-corrected chi connectivity index (χ2v) is 7.23. The Labute approximate surface area is 167 Å². The van der Waals surface area contributed by atoms with Gasteiger partial charge in [0.1, 0.15) is 6.54 Å². The molecular formula is C21H31N5O2. The number of hydrogen-bond acceptors (Lipinski definition) is 4. The summed E-state index contributed by atoms with van der Waals surface area (Å²) in [5, 5.41) is 9.35. The average Bonchev–Trinajstić information content (AvgIpc) is 2.71. The SMILES string of the molecule is C#Cc1cccc(NC(=O)CN=C(NCC)NCC(C)(C)N2CCOCC2)c1. The highest BCUT2D eigenvalue weighted by molar-refractivity contribution is 5.94. The van der Waals surface area contributed by atoms with E-state index >= 15 is 0 Å². The standard InChI is InChI=1S/C21H31N5O2/c1-5-17-8-7-9-18(14-17)25-19(27)15-23-20(22-6-2)24-16-21(3,4)26-10-12-28-13-11-26/h1,7-9,14H,6,10-13,15-16H2,2-4H3,(H,25,27)(H2,22,23,24). The van der Waals surface area contributed by atoms with E-state index in [1.165, 1.54) is 0 Å². The predicted molar refractivity (Wildman–Crippen MR) is 113 cm³/mol. The van der Waals surface area contributed by atoms with E-state index in [1.807, 2.05) is 19.1 Å². The molecule has 7 heteroatoms. The van der Waals surface area contributed by atoms with Gasteiger partial charge in [-0.25, -0.2) is 4.99 Å². The number of carbonyl (C=O) groups is 1. The van der Waals surface area contributed by atoms with Gasteiger partial charge in [-0.05, 0) is 39.0 Å². The maximum atomic E-state index is 12.2. The van der Waals surface area contributed by atoms with E-state index in [2.05, 4.69) is 45.6 Å². The Morgan fingerprint density at radius 3 is 2.75 bits per heavy atom. The number of carbonyl (C=O) groups excluding carboxylic acids is 1. The molecule has 0 atom stereocenters. The zero-order valence-electron chi connectivity index (χ0n) is 17.0. The van der Waals surface area contributed by atoms with Gasteiger partial charge < -0.3 is 20.7 Å². The first-order valence-electron chi connectivity index (χ1n) is 9.66. The van der Waals surface area contributed by atoms with Crippen LogP contribution in [0.25, 0.3) is 0 Å². The number of hydrogen-bond donors (Lipinski definition) is 3. The van der Waals surface area contributed by atoms with Crippen LogP contribution in [0, 0.1) is 12.3 Å². The summed E-state index contributed by atoms with van der Waals surface area (Å²) >= 11 is 0. The highest BCUT2D eigenvalue weighted by Gasteiger charge is 2.28. The van der Waals surface area contributed by atoms with Crippen LogP contribution in [0.3, 0.4) is 0 Å². The second-order valence-electron chi connectivity index (χ2n) is 7.23. The van der Waals surface area contributed by atoms with Crippen LogP contribution in [-0.2, 0) is 9.53 Å².